The molecule has 4 heterocycles. The number of hydrogen-bond donors (Lipinski definition) is 0. The molecule has 29 heavy (non-hydrogen) atoms. The average molecular weight is 424 g/mol. The van der Waals surface area contributed by atoms with Gasteiger partial charge in [-0.3, -0.25) is 9.69 Å². The molecule has 1 amide bonds. The summed E-state index contributed by atoms with van der Waals surface area (Å²) in [4.78, 5) is 32.7. The minimum absolute atomic E-state index is 0.0153. The summed E-state index contributed by atoms with van der Waals surface area (Å²) >= 11 is 2.86. The number of anilines is 1. The molecule has 7 nitrogen and oxygen atoms in total. The zero-order chi connectivity index (χ0) is 19.6. The summed E-state index contributed by atoms with van der Waals surface area (Å²) in [5.74, 6) is 0.334. The van der Waals surface area contributed by atoms with Crippen LogP contribution >= 0.6 is 22.7 Å². The van der Waals surface area contributed by atoms with Crippen molar-refractivity contribution in [2.75, 3.05) is 18.1 Å². The molecule has 1 aromatic carbocycles. The molecule has 0 aliphatic carbocycles. The second-order valence-corrected chi connectivity index (χ2v) is 8.49. The van der Waals surface area contributed by atoms with Crippen LogP contribution in [0.25, 0.3) is 21.0 Å². The third kappa shape index (κ3) is 3.76. The van der Waals surface area contributed by atoms with Gasteiger partial charge in [0.2, 0.25) is 0 Å². The first-order valence-corrected chi connectivity index (χ1v) is 11.0. The van der Waals surface area contributed by atoms with Gasteiger partial charge >= 0.3 is 0 Å². The van der Waals surface area contributed by atoms with Crippen LogP contribution < -0.4 is 4.90 Å². The first-order chi connectivity index (χ1) is 14.3. The fourth-order valence-electron chi connectivity index (χ4n) is 3.24. The van der Waals surface area contributed by atoms with E-state index in [1.165, 1.54) is 22.7 Å². The van der Waals surface area contributed by atoms with E-state index in [-0.39, 0.29) is 12.0 Å². The van der Waals surface area contributed by atoms with Gasteiger partial charge in [-0.15, -0.1) is 11.3 Å². The molecule has 0 radical (unpaired) electrons. The van der Waals surface area contributed by atoms with Gasteiger partial charge in [-0.1, -0.05) is 23.5 Å². The van der Waals surface area contributed by atoms with E-state index >= 15 is 0 Å². The first-order valence-electron chi connectivity index (χ1n) is 9.30. The average Bonchev–Trinajstić information content (AvgIpc) is 3.52. The molecule has 0 N–H and O–H groups in total. The highest BCUT2D eigenvalue weighted by atomic mass is 32.1. The number of nitrogens with zero attached hydrogens (tertiary/aromatic N) is 5. The van der Waals surface area contributed by atoms with Crippen molar-refractivity contribution in [3.8, 4) is 10.8 Å². The summed E-state index contributed by atoms with van der Waals surface area (Å²) in [7, 11) is 0. The van der Waals surface area contributed by atoms with Crippen LogP contribution in [0.3, 0.4) is 0 Å². The number of rotatable bonds is 5. The predicted molar refractivity (Wildman–Crippen MR) is 113 cm³/mol. The molecule has 5 rings (SSSR count). The molecule has 1 aliphatic heterocycles. The van der Waals surface area contributed by atoms with Crippen LogP contribution in [-0.2, 0) is 4.74 Å². The molecule has 1 unspecified atom stereocenters. The van der Waals surface area contributed by atoms with Crippen LogP contribution in [0.4, 0.5) is 5.13 Å². The molecule has 1 saturated heterocycles. The summed E-state index contributed by atoms with van der Waals surface area (Å²) in [6.45, 7) is 1.20. The Hall–Kier alpha value is -2.75. The fourth-order valence-corrected chi connectivity index (χ4v) is 4.95. The second kappa shape index (κ2) is 7.94. The Morgan fingerprint density at radius 2 is 2.03 bits per heavy atom. The SMILES string of the molecule is O=C(c1csc(-c2ncccn2)n1)N(CC1CCCO1)c1nc2ccccc2s1. The minimum atomic E-state index is -0.182. The van der Waals surface area contributed by atoms with Crippen molar-refractivity contribution in [3.63, 3.8) is 0 Å². The molecule has 9 heteroatoms. The van der Waals surface area contributed by atoms with Crippen molar-refractivity contribution in [1.82, 2.24) is 19.9 Å². The molecule has 1 atom stereocenters. The zero-order valence-corrected chi connectivity index (χ0v) is 17.0. The molecule has 0 spiro atoms. The number of carbonyl (C=O) groups excluding carboxylic acids is 1. The summed E-state index contributed by atoms with van der Waals surface area (Å²) in [5, 5.41) is 3.04. The Morgan fingerprint density at radius 3 is 2.83 bits per heavy atom. The molecule has 3 aromatic heterocycles. The van der Waals surface area contributed by atoms with Gasteiger partial charge in [0.25, 0.3) is 5.91 Å². The van der Waals surface area contributed by atoms with E-state index in [2.05, 4.69) is 19.9 Å². The number of thiazole rings is 2. The molecule has 4 aromatic rings. The summed E-state index contributed by atoms with van der Waals surface area (Å²) in [5.41, 5.74) is 1.25. The predicted octanol–water partition coefficient (Wildman–Crippen LogP) is 4.04. The van der Waals surface area contributed by atoms with E-state index in [0.29, 0.717) is 28.2 Å². The van der Waals surface area contributed by atoms with E-state index in [0.717, 1.165) is 29.7 Å². The van der Waals surface area contributed by atoms with Crippen molar-refractivity contribution < 1.29 is 9.53 Å². The zero-order valence-electron chi connectivity index (χ0n) is 15.4. The van der Waals surface area contributed by atoms with Crippen molar-refractivity contribution in [2.45, 2.75) is 18.9 Å². The van der Waals surface area contributed by atoms with E-state index in [4.69, 9.17) is 4.74 Å². The van der Waals surface area contributed by atoms with Crippen molar-refractivity contribution >= 4 is 43.9 Å². The number of hydrogen-bond acceptors (Lipinski definition) is 8. The Morgan fingerprint density at radius 1 is 1.17 bits per heavy atom. The number of para-hydroxylation sites is 1. The molecule has 0 bridgehead atoms. The van der Waals surface area contributed by atoms with Crippen molar-refractivity contribution in [1.29, 1.82) is 0 Å². The van der Waals surface area contributed by atoms with Gasteiger partial charge in [-0.25, -0.2) is 19.9 Å². The maximum atomic E-state index is 13.4. The second-order valence-electron chi connectivity index (χ2n) is 6.63. The standard InChI is InChI=1S/C20H17N5O2S2/c26-19(15-12-28-18(23-15)17-21-8-4-9-22-17)25(11-13-5-3-10-27-13)20-24-14-6-1-2-7-16(14)29-20/h1-2,4,6-9,12-13H,3,5,10-11H2. The van der Waals surface area contributed by atoms with Crippen LogP contribution in [0.2, 0.25) is 0 Å². The van der Waals surface area contributed by atoms with E-state index in [1.54, 1.807) is 28.7 Å². The quantitative estimate of drug-likeness (QED) is 0.482. The Labute approximate surface area is 175 Å². The van der Waals surface area contributed by atoms with Gasteiger partial charge in [0, 0.05) is 24.4 Å². The highest BCUT2D eigenvalue weighted by molar-refractivity contribution is 7.22. The van der Waals surface area contributed by atoms with Gasteiger partial charge in [-0.05, 0) is 31.0 Å². The summed E-state index contributed by atoms with van der Waals surface area (Å²) in [6.07, 6.45) is 5.29. The van der Waals surface area contributed by atoms with E-state index in [9.17, 15) is 4.79 Å². The monoisotopic (exact) mass is 423 g/mol. The van der Waals surface area contributed by atoms with E-state index < -0.39 is 0 Å². The van der Waals surface area contributed by atoms with Gasteiger partial charge in [0.1, 0.15) is 5.69 Å². The van der Waals surface area contributed by atoms with Gasteiger partial charge in [0.15, 0.2) is 16.0 Å². The number of fused-ring (bicyclic) bond motifs is 1. The topological polar surface area (TPSA) is 81.1 Å². The number of benzene rings is 1. The number of amides is 1. The van der Waals surface area contributed by atoms with Gasteiger partial charge < -0.3 is 4.74 Å². The molecule has 1 aliphatic rings. The lowest BCUT2D eigenvalue weighted by Crippen LogP contribution is -2.37. The lowest BCUT2D eigenvalue weighted by atomic mass is 10.2. The highest BCUT2D eigenvalue weighted by Gasteiger charge is 2.28. The molecule has 0 saturated carbocycles. The molecule has 1 fully saturated rings. The third-order valence-corrected chi connectivity index (χ3v) is 6.55. The fraction of sp³-hybridized carbons (Fsp3) is 0.250. The normalized spacial score (nSPS) is 16.3. The van der Waals surface area contributed by atoms with E-state index in [1.807, 2.05) is 24.3 Å². The Bertz CT molecular complexity index is 1100. The highest BCUT2D eigenvalue weighted by Crippen LogP contribution is 2.31. The molecular formula is C20H17N5O2S2. The van der Waals surface area contributed by atoms with Crippen LogP contribution in [0.15, 0.2) is 48.1 Å². The molecule has 146 valence electrons. The first kappa shape index (κ1) is 18.3. The number of carbonyl (C=O) groups is 1. The van der Waals surface area contributed by atoms with Crippen LogP contribution in [0, 0.1) is 0 Å². The Kier molecular flexibility index (Phi) is 5.01. The van der Waals surface area contributed by atoms with Crippen molar-refractivity contribution in [3.05, 3.63) is 53.8 Å². The summed E-state index contributed by atoms with van der Waals surface area (Å²) in [6, 6.07) is 9.64. The maximum Gasteiger partial charge on any atom is 0.279 e. The van der Waals surface area contributed by atoms with Gasteiger partial charge in [-0.2, -0.15) is 0 Å². The maximum absolute atomic E-state index is 13.4. The number of aromatic nitrogens is 4. The van der Waals surface area contributed by atoms with Gasteiger partial charge in [0.05, 0.1) is 22.9 Å². The third-order valence-electron chi connectivity index (χ3n) is 4.65. The number of ether oxygens (including phenoxy) is 1. The van der Waals surface area contributed by atoms with Crippen LogP contribution in [0.1, 0.15) is 23.3 Å². The van der Waals surface area contributed by atoms with Crippen LogP contribution in [0.5, 0.6) is 0 Å². The van der Waals surface area contributed by atoms with Crippen molar-refractivity contribution in [2.24, 2.45) is 0 Å². The Balaban J connectivity index is 1.48. The minimum Gasteiger partial charge on any atom is -0.376 e. The lowest BCUT2D eigenvalue weighted by molar-refractivity contribution is 0.0914. The molecular weight excluding hydrogens is 406 g/mol. The smallest absolute Gasteiger partial charge is 0.279 e. The summed E-state index contributed by atoms with van der Waals surface area (Å²) < 4.78 is 6.83. The largest absolute Gasteiger partial charge is 0.376 e. The lowest BCUT2D eigenvalue weighted by Gasteiger charge is -2.22. The van der Waals surface area contributed by atoms with Crippen LogP contribution in [-0.4, -0.2) is 45.1 Å².